The number of pyridine rings is 1. The van der Waals surface area contributed by atoms with Gasteiger partial charge in [0.1, 0.15) is 11.0 Å². The summed E-state index contributed by atoms with van der Waals surface area (Å²) in [7, 11) is 1.70. The van der Waals surface area contributed by atoms with E-state index in [0.717, 1.165) is 4.47 Å². The molecule has 4 nitrogen and oxygen atoms in total. The number of aromatic nitrogens is 3. The molecule has 1 aromatic carbocycles. The Kier molecular flexibility index (Phi) is 3.59. The first-order valence-electron chi connectivity index (χ1n) is 6.13. The fraction of sp³-hybridized carbons (Fsp3) is 0.143. The summed E-state index contributed by atoms with van der Waals surface area (Å²) in [4.78, 5) is 12.1. The van der Waals surface area contributed by atoms with Crippen LogP contribution in [-0.4, -0.2) is 14.3 Å². The molecule has 0 fully saturated rings. The smallest absolute Gasteiger partial charge is 0.251 e. The number of fused-ring (bicyclic) bond motifs is 1. The topological polar surface area (TPSA) is 39.8 Å². The molecule has 0 spiro atoms. The molecule has 0 amide bonds. The highest BCUT2D eigenvalue weighted by Gasteiger charge is 2.12. The third-order valence-corrected chi connectivity index (χ3v) is 4.28. The lowest BCUT2D eigenvalue weighted by atomic mass is 10.2. The quantitative estimate of drug-likeness (QED) is 0.694. The van der Waals surface area contributed by atoms with E-state index >= 15 is 0 Å². The zero-order valence-electron chi connectivity index (χ0n) is 11.0. The second-order valence-electron chi connectivity index (χ2n) is 4.63. The Morgan fingerprint density at radius 3 is 2.76 bits per heavy atom. The van der Waals surface area contributed by atoms with Crippen molar-refractivity contribution in [3.05, 3.63) is 61.8 Å². The Labute approximate surface area is 132 Å². The van der Waals surface area contributed by atoms with Gasteiger partial charge in [0, 0.05) is 29.0 Å². The van der Waals surface area contributed by atoms with Gasteiger partial charge in [0.15, 0.2) is 0 Å². The molecule has 0 aliphatic carbocycles. The summed E-state index contributed by atoms with van der Waals surface area (Å²) < 4.78 is 17.7. The van der Waals surface area contributed by atoms with Gasteiger partial charge >= 0.3 is 0 Å². The average Bonchev–Trinajstić information content (AvgIpc) is 2.75. The molecule has 0 aliphatic rings. The fourth-order valence-corrected chi connectivity index (χ4v) is 2.86. The van der Waals surface area contributed by atoms with Crippen LogP contribution < -0.4 is 5.56 Å². The molecular weight excluding hydrogens is 361 g/mol. The first-order valence-corrected chi connectivity index (χ1v) is 7.30. The average molecular weight is 371 g/mol. The minimum Gasteiger partial charge on any atom is -0.299 e. The zero-order chi connectivity index (χ0) is 15.1. The molecule has 0 unspecified atom stereocenters. The Bertz CT molecular complexity index is 884. The standard InChI is InChI=1S/C14H10BrClFN3O/c1-19-12(16)6-8(18-19)7-20-13(21)5-2-9-10(15)3-4-11(17)14(9)20/h2-6H,7H2,1H3. The van der Waals surface area contributed by atoms with Crippen LogP contribution in [0.4, 0.5) is 4.39 Å². The van der Waals surface area contributed by atoms with Gasteiger partial charge in [-0.3, -0.25) is 14.0 Å². The van der Waals surface area contributed by atoms with Crippen LogP contribution in [0, 0.1) is 5.82 Å². The summed E-state index contributed by atoms with van der Waals surface area (Å²) >= 11 is 9.31. The molecule has 108 valence electrons. The summed E-state index contributed by atoms with van der Waals surface area (Å²) in [6.45, 7) is 0.157. The van der Waals surface area contributed by atoms with E-state index in [0.29, 0.717) is 16.2 Å². The number of rotatable bonds is 2. The highest BCUT2D eigenvalue weighted by molar-refractivity contribution is 9.10. The monoisotopic (exact) mass is 369 g/mol. The van der Waals surface area contributed by atoms with E-state index in [4.69, 9.17) is 11.6 Å². The third-order valence-electron chi connectivity index (χ3n) is 3.24. The number of halogens is 3. The SMILES string of the molecule is Cn1nc(Cn2c(=O)ccc3c(Br)ccc(F)c32)cc1Cl. The summed E-state index contributed by atoms with van der Waals surface area (Å²) in [6, 6.07) is 7.62. The van der Waals surface area contributed by atoms with E-state index < -0.39 is 5.82 Å². The molecule has 0 atom stereocenters. The summed E-state index contributed by atoms with van der Waals surface area (Å²) in [6.07, 6.45) is 0. The van der Waals surface area contributed by atoms with E-state index in [2.05, 4.69) is 21.0 Å². The molecule has 0 radical (unpaired) electrons. The van der Waals surface area contributed by atoms with Gasteiger partial charge in [-0.05, 0) is 18.2 Å². The minimum absolute atomic E-state index is 0.157. The van der Waals surface area contributed by atoms with Gasteiger partial charge in [-0.2, -0.15) is 5.10 Å². The second-order valence-corrected chi connectivity index (χ2v) is 5.87. The van der Waals surface area contributed by atoms with Crippen molar-refractivity contribution in [3.8, 4) is 0 Å². The van der Waals surface area contributed by atoms with E-state index in [9.17, 15) is 9.18 Å². The lowest BCUT2D eigenvalue weighted by Gasteiger charge is -2.10. The number of hydrogen-bond acceptors (Lipinski definition) is 2. The van der Waals surface area contributed by atoms with E-state index in [1.165, 1.54) is 21.4 Å². The van der Waals surface area contributed by atoms with E-state index in [1.807, 2.05) is 0 Å². The second kappa shape index (κ2) is 5.27. The molecular formula is C14H10BrClFN3O. The van der Waals surface area contributed by atoms with Crippen LogP contribution in [0.25, 0.3) is 10.9 Å². The van der Waals surface area contributed by atoms with Crippen LogP contribution in [0.2, 0.25) is 5.15 Å². The molecule has 7 heteroatoms. The summed E-state index contributed by atoms with van der Waals surface area (Å²) in [5, 5.41) is 5.29. The molecule has 0 saturated heterocycles. The molecule has 0 bridgehead atoms. The predicted molar refractivity (Wildman–Crippen MR) is 83.2 cm³/mol. The highest BCUT2D eigenvalue weighted by atomic mass is 79.9. The lowest BCUT2D eigenvalue weighted by Crippen LogP contribution is -2.21. The Morgan fingerprint density at radius 1 is 1.33 bits per heavy atom. The molecule has 0 aliphatic heterocycles. The third kappa shape index (κ3) is 2.49. The zero-order valence-corrected chi connectivity index (χ0v) is 13.3. The van der Waals surface area contributed by atoms with Crippen molar-refractivity contribution in [2.75, 3.05) is 0 Å². The van der Waals surface area contributed by atoms with Gasteiger partial charge < -0.3 is 0 Å². The highest BCUT2D eigenvalue weighted by Crippen LogP contribution is 2.25. The molecule has 3 aromatic rings. The minimum atomic E-state index is -0.451. The van der Waals surface area contributed by atoms with Crippen molar-refractivity contribution < 1.29 is 4.39 Å². The number of aryl methyl sites for hydroxylation is 1. The predicted octanol–water partition coefficient (Wildman–Crippen LogP) is 3.34. The molecule has 2 heterocycles. The van der Waals surface area contributed by atoms with Gasteiger partial charge in [0.2, 0.25) is 0 Å². The van der Waals surface area contributed by atoms with Crippen LogP contribution in [0.1, 0.15) is 5.69 Å². The largest absolute Gasteiger partial charge is 0.299 e. The van der Waals surface area contributed by atoms with Crippen LogP contribution in [0.3, 0.4) is 0 Å². The van der Waals surface area contributed by atoms with Crippen molar-refractivity contribution in [3.63, 3.8) is 0 Å². The van der Waals surface area contributed by atoms with Crippen LogP contribution in [0.5, 0.6) is 0 Å². The van der Waals surface area contributed by atoms with Gasteiger partial charge in [0.05, 0.1) is 17.8 Å². The van der Waals surface area contributed by atoms with Crippen molar-refractivity contribution in [2.45, 2.75) is 6.54 Å². The normalized spacial score (nSPS) is 11.2. The molecule has 0 N–H and O–H groups in total. The first kappa shape index (κ1) is 14.3. The van der Waals surface area contributed by atoms with Crippen molar-refractivity contribution in [2.24, 2.45) is 7.05 Å². The fourth-order valence-electron chi connectivity index (χ4n) is 2.24. The maximum atomic E-state index is 14.2. The van der Waals surface area contributed by atoms with E-state index in [-0.39, 0.29) is 17.6 Å². The molecule has 3 rings (SSSR count). The van der Waals surface area contributed by atoms with Crippen LogP contribution >= 0.6 is 27.5 Å². The number of hydrogen-bond donors (Lipinski definition) is 0. The lowest BCUT2D eigenvalue weighted by molar-refractivity contribution is 0.621. The number of benzene rings is 1. The van der Waals surface area contributed by atoms with Crippen molar-refractivity contribution in [1.82, 2.24) is 14.3 Å². The van der Waals surface area contributed by atoms with Gasteiger partial charge in [0.25, 0.3) is 5.56 Å². The van der Waals surface area contributed by atoms with Crippen LogP contribution in [0.15, 0.2) is 39.6 Å². The Morgan fingerprint density at radius 2 is 2.10 bits per heavy atom. The van der Waals surface area contributed by atoms with Gasteiger partial charge in [-0.1, -0.05) is 27.5 Å². The first-order chi connectivity index (χ1) is 9.97. The number of nitrogens with zero attached hydrogens (tertiary/aromatic N) is 3. The maximum Gasteiger partial charge on any atom is 0.251 e. The maximum absolute atomic E-state index is 14.2. The molecule has 21 heavy (non-hydrogen) atoms. The van der Waals surface area contributed by atoms with Gasteiger partial charge in [-0.25, -0.2) is 4.39 Å². The van der Waals surface area contributed by atoms with Gasteiger partial charge in [-0.15, -0.1) is 0 Å². The van der Waals surface area contributed by atoms with Crippen LogP contribution in [-0.2, 0) is 13.6 Å². The Balaban J connectivity index is 2.24. The Hall–Kier alpha value is -1.66. The summed E-state index contributed by atoms with van der Waals surface area (Å²) in [5.41, 5.74) is 0.552. The molecule has 0 saturated carbocycles. The van der Waals surface area contributed by atoms with Crippen molar-refractivity contribution >= 4 is 38.4 Å². The van der Waals surface area contributed by atoms with E-state index in [1.54, 1.807) is 25.2 Å². The molecule has 2 aromatic heterocycles. The summed E-state index contributed by atoms with van der Waals surface area (Å²) in [5.74, 6) is -0.451. The van der Waals surface area contributed by atoms with Crippen molar-refractivity contribution in [1.29, 1.82) is 0 Å².